The number of fused-ring (bicyclic) bond motifs is 1. The number of nitrogens with zero attached hydrogens (tertiary/aromatic N) is 2. The summed E-state index contributed by atoms with van der Waals surface area (Å²) in [6.45, 7) is 7.18. The third-order valence-electron chi connectivity index (χ3n) is 6.99. The molecule has 1 aromatic heterocycles. The molecule has 1 atom stereocenters. The summed E-state index contributed by atoms with van der Waals surface area (Å²) in [5.74, 6) is 0. The summed E-state index contributed by atoms with van der Waals surface area (Å²) < 4.78 is 29.7. The van der Waals surface area contributed by atoms with Crippen molar-refractivity contribution in [3.8, 4) is 0 Å². The number of piperazine rings is 1. The van der Waals surface area contributed by atoms with Crippen LogP contribution in [0.5, 0.6) is 0 Å². The van der Waals surface area contributed by atoms with Gasteiger partial charge < -0.3 is 10.3 Å². The average molecular weight is 440 g/mol. The number of H-pyrrole nitrogens is 1. The van der Waals surface area contributed by atoms with Crippen LogP contribution < -0.4 is 9.80 Å². The van der Waals surface area contributed by atoms with Crippen molar-refractivity contribution in [3.05, 3.63) is 60.3 Å². The van der Waals surface area contributed by atoms with E-state index in [1.165, 1.54) is 11.1 Å². The molecule has 2 aliphatic rings. The summed E-state index contributed by atoms with van der Waals surface area (Å²) in [6.07, 6.45) is 3.98. The molecule has 0 spiro atoms. The van der Waals surface area contributed by atoms with Crippen molar-refractivity contribution in [2.75, 3.05) is 39.3 Å². The van der Waals surface area contributed by atoms with Crippen molar-refractivity contribution in [3.63, 3.8) is 0 Å². The van der Waals surface area contributed by atoms with Gasteiger partial charge in [0.05, 0.1) is 41.1 Å². The molecule has 7 heteroatoms. The van der Waals surface area contributed by atoms with Crippen molar-refractivity contribution in [1.29, 1.82) is 0 Å². The van der Waals surface area contributed by atoms with E-state index in [1.807, 2.05) is 19.1 Å². The van der Waals surface area contributed by atoms with Crippen molar-refractivity contribution >= 4 is 26.6 Å². The van der Waals surface area contributed by atoms with Crippen LogP contribution in [0.3, 0.4) is 0 Å². The maximum absolute atomic E-state index is 13.5. The van der Waals surface area contributed by atoms with Gasteiger partial charge in [-0.25, -0.2) is 8.42 Å². The third kappa shape index (κ3) is 3.69. The number of quaternary nitrogens is 1. The van der Waals surface area contributed by atoms with Gasteiger partial charge in [0.25, 0.3) is 0 Å². The fourth-order valence-electron chi connectivity index (χ4n) is 5.42. The maximum Gasteiger partial charge on any atom is 0.243 e. The van der Waals surface area contributed by atoms with E-state index in [9.17, 15) is 8.42 Å². The molecular formula is C24H31N4O2S+. The van der Waals surface area contributed by atoms with Crippen molar-refractivity contribution in [1.82, 2.24) is 19.1 Å². The molecule has 164 valence electrons. The van der Waals surface area contributed by atoms with Crippen LogP contribution in [0.4, 0.5) is 5.69 Å². The lowest BCUT2D eigenvalue weighted by Crippen LogP contribution is -2.63. The predicted octanol–water partition coefficient (Wildman–Crippen LogP) is 3.24. The minimum absolute atomic E-state index is 0.0114. The largest absolute Gasteiger partial charge is 0.356 e. The first-order chi connectivity index (χ1) is 15.0. The zero-order valence-electron chi connectivity index (χ0n) is 18.0. The first-order valence-corrected chi connectivity index (χ1v) is 12.7. The number of aromatic amines is 1. The van der Waals surface area contributed by atoms with Crippen molar-refractivity contribution in [2.24, 2.45) is 0 Å². The molecule has 3 aromatic rings. The topological polar surface area (TPSA) is 65.2 Å². The number of rotatable bonds is 5. The van der Waals surface area contributed by atoms with Gasteiger partial charge in [0.15, 0.2) is 5.69 Å². The van der Waals surface area contributed by atoms with Crippen LogP contribution in [-0.4, -0.2) is 63.0 Å². The number of benzene rings is 2. The molecule has 0 aliphatic carbocycles. The Morgan fingerprint density at radius 2 is 1.90 bits per heavy atom. The van der Waals surface area contributed by atoms with Crippen LogP contribution in [0, 0.1) is 6.92 Å². The van der Waals surface area contributed by atoms with E-state index in [4.69, 9.17) is 0 Å². The van der Waals surface area contributed by atoms with Crippen molar-refractivity contribution in [2.45, 2.75) is 30.7 Å². The van der Waals surface area contributed by atoms with E-state index in [0.717, 1.165) is 61.1 Å². The molecular weight excluding hydrogens is 408 g/mol. The standard InChI is InChI=1S/C24H31N4O2S/c1-19-6-4-8-21(16-19)31(29,30)27-13-5-7-20(27)18-28(14-11-25-12-15-28)24-17-26-23-10-3-2-9-22(23)24/h2-4,6,8-10,16-17,20,25-26H,5,7,11-15,18H2,1H3/q+1/t20-/m1/s1. The number of aromatic nitrogens is 1. The van der Waals surface area contributed by atoms with E-state index < -0.39 is 10.0 Å². The lowest BCUT2D eigenvalue weighted by Gasteiger charge is -2.43. The molecule has 31 heavy (non-hydrogen) atoms. The highest BCUT2D eigenvalue weighted by Crippen LogP contribution is 2.36. The first-order valence-electron chi connectivity index (χ1n) is 11.2. The summed E-state index contributed by atoms with van der Waals surface area (Å²) in [5, 5.41) is 4.74. The van der Waals surface area contributed by atoms with Gasteiger partial charge in [0.1, 0.15) is 6.54 Å². The third-order valence-corrected chi connectivity index (χ3v) is 8.94. The van der Waals surface area contributed by atoms with Gasteiger partial charge in [-0.1, -0.05) is 24.3 Å². The Hall–Kier alpha value is -2.19. The first kappa shape index (κ1) is 20.7. The van der Waals surface area contributed by atoms with E-state index in [-0.39, 0.29) is 6.04 Å². The minimum atomic E-state index is -3.50. The van der Waals surface area contributed by atoms with E-state index >= 15 is 0 Å². The number of hydrogen-bond donors (Lipinski definition) is 2. The highest BCUT2D eigenvalue weighted by molar-refractivity contribution is 7.89. The Balaban J connectivity index is 1.51. The highest BCUT2D eigenvalue weighted by Gasteiger charge is 2.43. The summed E-state index contributed by atoms with van der Waals surface area (Å²) in [5.41, 5.74) is 3.40. The zero-order valence-corrected chi connectivity index (χ0v) is 18.9. The quantitative estimate of drug-likeness (QED) is 0.600. The Morgan fingerprint density at radius 3 is 2.71 bits per heavy atom. The Morgan fingerprint density at radius 1 is 1.10 bits per heavy atom. The van der Waals surface area contributed by atoms with Gasteiger partial charge in [-0.05, 0) is 49.6 Å². The van der Waals surface area contributed by atoms with Crippen LogP contribution in [0.1, 0.15) is 18.4 Å². The van der Waals surface area contributed by atoms with E-state index in [0.29, 0.717) is 11.4 Å². The maximum atomic E-state index is 13.5. The Kier molecular flexibility index (Phi) is 5.38. The molecule has 3 heterocycles. The number of nitrogens with one attached hydrogen (secondary N) is 2. The molecule has 0 unspecified atom stereocenters. The van der Waals surface area contributed by atoms with Crippen LogP contribution in [-0.2, 0) is 10.0 Å². The molecule has 2 aromatic carbocycles. The van der Waals surface area contributed by atoms with Gasteiger partial charge in [-0.2, -0.15) is 4.31 Å². The van der Waals surface area contributed by atoms with Crippen LogP contribution >= 0.6 is 0 Å². The SMILES string of the molecule is Cc1cccc(S(=O)(=O)N2CCC[C@@H]2C[N+]2(c3c[nH]c4ccccc34)CCNCC2)c1. The number of aryl methyl sites for hydroxylation is 1. The normalized spacial score (nSPS) is 22.2. The number of hydrogen-bond acceptors (Lipinski definition) is 3. The van der Waals surface area contributed by atoms with E-state index in [2.05, 4.69) is 40.8 Å². The van der Waals surface area contributed by atoms with Crippen LogP contribution in [0.25, 0.3) is 10.9 Å². The second-order valence-electron chi connectivity index (χ2n) is 8.97. The zero-order chi connectivity index (χ0) is 21.5. The van der Waals surface area contributed by atoms with Crippen LogP contribution in [0.15, 0.2) is 59.6 Å². The summed E-state index contributed by atoms with van der Waals surface area (Å²) in [6, 6.07) is 15.7. The molecule has 0 radical (unpaired) electrons. The second kappa shape index (κ2) is 8.06. The molecule has 2 N–H and O–H groups in total. The van der Waals surface area contributed by atoms with Gasteiger partial charge >= 0.3 is 0 Å². The number of para-hydroxylation sites is 1. The monoisotopic (exact) mass is 439 g/mol. The fraction of sp³-hybridized carbons (Fsp3) is 0.417. The summed E-state index contributed by atoms with van der Waals surface area (Å²) in [4.78, 5) is 3.86. The average Bonchev–Trinajstić information content (AvgIpc) is 3.42. The lowest BCUT2D eigenvalue weighted by atomic mass is 10.1. The highest BCUT2D eigenvalue weighted by atomic mass is 32.2. The molecule has 2 saturated heterocycles. The second-order valence-corrected chi connectivity index (χ2v) is 10.9. The van der Waals surface area contributed by atoms with Crippen LogP contribution in [0.2, 0.25) is 0 Å². The summed E-state index contributed by atoms with van der Waals surface area (Å²) in [7, 11) is -3.50. The molecule has 2 aliphatic heterocycles. The molecule has 5 rings (SSSR count). The number of sulfonamides is 1. The smallest absolute Gasteiger partial charge is 0.243 e. The molecule has 0 amide bonds. The molecule has 6 nitrogen and oxygen atoms in total. The Bertz CT molecular complexity index is 1180. The molecule has 0 bridgehead atoms. The fourth-order valence-corrected chi connectivity index (χ4v) is 7.21. The summed E-state index contributed by atoms with van der Waals surface area (Å²) >= 11 is 0. The lowest BCUT2D eigenvalue weighted by molar-refractivity contribution is 0.200. The molecule has 2 fully saturated rings. The van der Waals surface area contributed by atoms with Gasteiger partial charge in [0, 0.05) is 19.6 Å². The van der Waals surface area contributed by atoms with Gasteiger partial charge in [0.2, 0.25) is 10.0 Å². The Labute approximate surface area is 184 Å². The van der Waals surface area contributed by atoms with Gasteiger partial charge in [-0.15, -0.1) is 0 Å². The van der Waals surface area contributed by atoms with Crippen molar-refractivity contribution < 1.29 is 8.42 Å². The van der Waals surface area contributed by atoms with Gasteiger partial charge in [-0.3, -0.25) is 4.48 Å². The predicted molar refractivity (Wildman–Crippen MR) is 126 cm³/mol. The van der Waals surface area contributed by atoms with E-state index in [1.54, 1.807) is 16.4 Å². The molecule has 0 saturated carbocycles. The minimum Gasteiger partial charge on any atom is -0.356 e.